The molecule has 1 aliphatic heterocycles. The van der Waals surface area contributed by atoms with Crippen molar-refractivity contribution in [3.63, 3.8) is 0 Å². The standard InChI is InChI=1S/C23H33FN6O4/c1-15(30(16-6-7-16)22(31)20-14-26-11-12-34-20)18(25)13-19(21-17(24)5-3-8-28-21)27-9-4-10-29-23(32)33-2/h3,5,8,13,15-16,20,26H,4,6-7,9-12,14,25H2,1-2H3,(H,29,32)/t15-,20-/m1/s1. The van der Waals surface area contributed by atoms with E-state index in [1.165, 1.54) is 25.4 Å². The Balaban J connectivity index is 1.77. The molecule has 1 aromatic rings. The van der Waals surface area contributed by atoms with Gasteiger partial charge in [-0.05, 0) is 44.4 Å². The topological polar surface area (TPSA) is 131 Å². The zero-order chi connectivity index (χ0) is 24.5. The maximum absolute atomic E-state index is 14.5. The van der Waals surface area contributed by atoms with Crippen LogP contribution in [0.15, 0.2) is 35.1 Å². The molecule has 2 heterocycles. The number of nitrogens with one attached hydrogen (secondary N) is 2. The zero-order valence-corrected chi connectivity index (χ0v) is 19.6. The van der Waals surface area contributed by atoms with Crippen molar-refractivity contribution < 1.29 is 23.5 Å². The number of nitrogens with zero attached hydrogens (tertiary/aromatic N) is 3. The Morgan fingerprint density at radius 2 is 2.29 bits per heavy atom. The number of nitrogens with two attached hydrogens (primary N) is 1. The van der Waals surface area contributed by atoms with E-state index in [4.69, 9.17) is 10.5 Å². The molecule has 34 heavy (non-hydrogen) atoms. The maximum Gasteiger partial charge on any atom is 0.406 e. The van der Waals surface area contributed by atoms with E-state index in [0.29, 0.717) is 38.4 Å². The number of carbonyl (C=O) groups excluding carboxylic acids is 2. The third-order valence-corrected chi connectivity index (χ3v) is 5.67. The summed E-state index contributed by atoms with van der Waals surface area (Å²) in [5.74, 6) is -0.627. The lowest BCUT2D eigenvalue weighted by Gasteiger charge is -2.34. The minimum Gasteiger partial charge on any atom is -0.453 e. The van der Waals surface area contributed by atoms with Crippen molar-refractivity contribution in [3.05, 3.63) is 41.6 Å². The molecule has 2 fully saturated rings. The lowest BCUT2D eigenvalue weighted by atomic mass is 10.1. The van der Waals surface area contributed by atoms with Gasteiger partial charge in [0, 0.05) is 44.1 Å². The predicted molar refractivity (Wildman–Crippen MR) is 125 cm³/mol. The maximum atomic E-state index is 14.5. The molecule has 3 rings (SSSR count). The first-order chi connectivity index (χ1) is 16.4. The van der Waals surface area contributed by atoms with Crippen LogP contribution in [0.1, 0.15) is 31.9 Å². The fraction of sp³-hybridized carbons (Fsp3) is 0.565. The highest BCUT2D eigenvalue weighted by molar-refractivity contribution is 6.08. The first-order valence-electron chi connectivity index (χ1n) is 11.5. The summed E-state index contributed by atoms with van der Waals surface area (Å²) >= 11 is 0. The minimum absolute atomic E-state index is 0.0719. The van der Waals surface area contributed by atoms with Crippen molar-refractivity contribution in [2.24, 2.45) is 10.7 Å². The number of rotatable bonds is 10. The molecule has 1 saturated heterocycles. The Bertz CT molecular complexity index is 914. The summed E-state index contributed by atoms with van der Waals surface area (Å²) in [4.78, 5) is 34.8. The number of methoxy groups -OCH3 is 1. The number of hydrogen-bond acceptors (Lipinski definition) is 8. The van der Waals surface area contributed by atoms with Crippen LogP contribution in [0, 0.1) is 5.82 Å². The average Bonchev–Trinajstić information content (AvgIpc) is 3.69. The summed E-state index contributed by atoms with van der Waals surface area (Å²) in [6, 6.07) is 2.48. The van der Waals surface area contributed by atoms with Crippen molar-refractivity contribution in [3.8, 4) is 0 Å². The average molecular weight is 477 g/mol. The highest BCUT2D eigenvalue weighted by Crippen LogP contribution is 2.31. The number of ether oxygens (including phenoxy) is 2. The molecule has 0 bridgehead atoms. The second kappa shape index (κ2) is 12.4. The van der Waals surface area contributed by atoms with E-state index in [2.05, 4.69) is 25.3 Å². The van der Waals surface area contributed by atoms with Gasteiger partial charge in [0.25, 0.3) is 5.91 Å². The van der Waals surface area contributed by atoms with E-state index in [-0.39, 0.29) is 23.4 Å². The van der Waals surface area contributed by atoms with Crippen LogP contribution in [0.25, 0.3) is 0 Å². The number of hydrogen-bond donors (Lipinski definition) is 3. The van der Waals surface area contributed by atoms with E-state index in [1.54, 1.807) is 11.0 Å². The van der Waals surface area contributed by atoms with Crippen molar-refractivity contribution >= 4 is 17.7 Å². The van der Waals surface area contributed by atoms with Gasteiger partial charge in [-0.25, -0.2) is 9.18 Å². The number of aromatic nitrogens is 1. The molecule has 2 aliphatic rings. The highest BCUT2D eigenvalue weighted by Gasteiger charge is 2.40. The number of allylic oxidation sites excluding steroid dienone is 1. The van der Waals surface area contributed by atoms with Crippen LogP contribution < -0.4 is 16.4 Å². The number of halogens is 1. The molecule has 1 saturated carbocycles. The SMILES string of the molecule is COC(=O)NCCCN=C(C=C(N)[C@@H](C)N(C(=O)[C@H]1CNCCO1)C1CC1)c1ncccc1F. The fourth-order valence-electron chi connectivity index (χ4n) is 3.67. The van der Waals surface area contributed by atoms with Crippen LogP contribution in [0.4, 0.5) is 9.18 Å². The molecule has 186 valence electrons. The number of aliphatic imine (C=N–C) groups is 1. The lowest BCUT2D eigenvalue weighted by Crippen LogP contribution is -2.53. The van der Waals surface area contributed by atoms with Gasteiger partial charge in [-0.2, -0.15) is 0 Å². The van der Waals surface area contributed by atoms with Gasteiger partial charge < -0.3 is 30.7 Å². The second-order valence-corrected chi connectivity index (χ2v) is 8.23. The van der Waals surface area contributed by atoms with E-state index in [0.717, 1.165) is 19.4 Å². The fourth-order valence-corrected chi connectivity index (χ4v) is 3.67. The van der Waals surface area contributed by atoms with Gasteiger partial charge in [-0.1, -0.05) is 0 Å². The van der Waals surface area contributed by atoms with Crippen LogP contribution in [0.2, 0.25) is 0 Å². The lowest BCUT2D eigenvalue weighted by molar-refractivity contribution is -0.147. The Labute approximate surface area is 198 Å². The molecule has 0 radical (unpaired) electrons. The van der Waals surface area contributed by atoms with Crippen LogP contribution in [-0.2, 0) is 14.3 Å². The predicted octanol–water partition coefficient (Wildman–Crippen LogP) is 0.966. The van der Waals surface area contributed by atoms with Crippen molar-refractivity contribution in [1.82, 2.24) is 20.5 Å². The van der Waals surface area contributed by atoms with Crippen LogP contribution in [0.5, 0.6) is 0 Å². The van der Waals surface area contributed by atoms with Crippen LogP contribution >= 0.6 is 0 Å². The zero-order valence-electron chi connectivity index (χ0n) is 19.6. The smallest absolute Gasteiger partial charge is 0.406 e. The Morgan fingerprint density at radius 3 is 2.94 bits per heavy atom. The molecule has 0 unspecified atom stereocenters. The first-order valence-corrected chi connectivity index (χ1v) is 11.5. The van der Waals surface area contributed by atoms with E-state index in [1.807, 2.05) is 6.92 Å². The molecule has 1 aromatic heterocycles. The molecule has 0 spiro atoms. The molecular weight excluding hydrogens is 443 g/mol. The van der Waals surface area contributed by atoms with Crippen molar-refractivity contribution in [2.75, 3.05) is 39.9 Å². The van der Waals surface area contributed by atoms with E-state index >= 15 is 0 Å². The third-order valence-electron chi connectivity index (χ3n) is 5.67. The highest BCUT2D eigenvalue weighted by atomic mass is 19.1. The molecule has 0 aromatic carbocycles. The Hall–Kier alpha value is -3.05. The van der Waals surface area contributed by atoms with Gasteiger partial charge in [0.05, 0.1) is 25.5 Å². The van der Waals surface area contributed by atoms with Gasteiger partial charge in [0.1, 0.15) is 11.8 Å². The van der Waals surface area contributed by atoms with Gasteiger partial charge >= 0.3 is 6.09 Å². The summed E-state index contributed by atoms with van der Waals surface area (Å²) < 4.78 is 24.7. The molecule has 11 heteroatoms. The summed E-state index contributed by atoms with van der Waals surface area (Å²) in [6.07, 6.45) is 4.31. The van der Waals surface area contributed by atoms with Crippen molar-refractivity contribution in [2.45, 2.75) is 44.4 Å². The van der Waals surface area contributed by atoms with E-state index in [9.17, 15) is 14.0 Å². The molecule has 2 atom stereocenters. The molecule has 4 N–H and O–H groups in total. The molecule has 10 nitrogen and oxygen atoms in total. The number of morpholine rings is 1. The van der Waals surface area contributed by atoms with Crippen LogP contribution in [0.3, 0.4) is 0 Å². The van der Waals surface area contributed by atoms with Crippen LogP contribution in [-0.4, -0.2) is 85.7 Å². The molecule has 2 amide bonds. The number of pyridine rings is 1. The first kappa shape index (κ1) is 25.6. The Morgan fingerprint density at radius 1 is 1.50 bits per heavy atom. The molecular formula is C23H33FN6O4. The quantitative estimate of drug-likeness (QED) is 0.339. The number of amides is 2. The van der Waals surface area contributed by atoms with Gasteiger partial charge in [0.2, 0.25) is 0 Å². The van der Waals surface area contributed by atoms with E-state index < -0.39 is 24.1 Å². The summed E-state index contributed by atoms with van der Waals surface area (Å²) in [6.45, 7) is 4.17. The number of carbonyl (C=O) groups is 2. The summed E-state index contributed by atoms with van der Waals surface area (Å²) in [5.41, 5.74) is 7.16. The van der Waals surface area contributed by atoms with Gasteiger partial charge in [-0.3, -0.25) is 14.8 Å². The largest absolute Gasteiger partial charge is 0.453 e. The number of alkyl carbamates (subject to hydrolysis) is 1. The van der Waals surface area contributed by atoms with Gasteiger partial charge in [0.15, 0.2) is 5.82 Å². The Kier molecular flexibility index (Phi) is 9.34. The summed E-state index contributed by atoms with van der Waals surface area (Å²) in [5, 5.41) is 5.75. The third kappa shape index (κ3) is 6.97. The summed E-state index contributed by atoms with van der Waals surface area (Å²) in [7, 11) is 1.29. The normalized spacial score (nSPS) is 19.9. The second-order valence-electron chi connectivity index (χ2n) is 8.23. The molecule has 1 aliphatic carbocycles. The van der Waals surface area contributed by atoms with Gasteiger partial charge in [-0.15, -0.1) is 0 Å². The monoisotopic (exact) mass is 476 g/mol. The van der Waals surface area contributed by atoms with Crippen molar-refractivity contribution in [1.29, 1.82) is 0 Å². The minimum atomic E-state index is -0.548.